The van der Waals surface area contributed by atoms with Crippen LogP contribution < -0.4 is 11.0 Å². The summed E-state index contributed by atoms with van der Waals surface area (Å²) in [4.78, 5) is 30.2. The van der Waals surface area contributed by atoms with E-state index < -0.39 is 0 Å². The number of rotatable bonds is 5. The van der Waals surface area contributed by atoms with E-state index >= 15 is 0 Å². The molecule has 1 fully saturated rings. The van der Waals surface area contributed by atoms with Crippen LogP contribution in [0.1, 0.15) is 52.1 Å². The van der Waals surface area contributed by atoms with Crippen LogP contribution in [0.3, 0.4) is 0 Å². The van der Waals surface area contributed by atoms with Crippen molar-refractivity contribution in [3.05, 3.63) is 52.6 Å². The molecule has 0 bridgehead atoms. The van der Waals surface area contributed by atoms with Crippen molar-refractivity contribution in [2.75, 3.05) is 18.4 Å². The molecule has 0 aliphatic carbocycles. The van der Waals surface area contributed by atoms with E-state index in [1.54, 1.807) is 16.5 Å². The predicted molar refractivity (Wildman–Crippen MR) is 135 cm³/mol. The van der Waals surface area contributed by atoms with Gasteiger partial charge in [0, 0.05) is 55.8 Å². The van der Waals surface area contributed by atoms with Crippen molar-refractivity contribution in [1.82, 2.24) is 18.4 Å². The predicted octanol–water partition coefficient (Wildman–Crippen LogP) is 4.63. The first kappa shape index (κ1) is 23.6. The molecule has 0 radical (unpaired) electrons. The summed E-state index contributed by atoms with van der Waals surface area (Å²) < 4.78 is 5.91. The molecule has 2 aromatic heterocycles. The average molecular weight is 468 g/mol. The zero-order chi connectivity index (χ0) is 23.8. The lowest BCUT2D eigenvalue weighted by Crippen LogP contribution is -2.29. The van der Waals surface area contributed by atoms with Crippen LogP contribution in [-0.4, -0.2) is 37.4 Å². The van der Waals surface area contributed by atoms with E-state index in [9.17, 15) is 9.59 Å². The Labute approximate surface area is 199 Å². The Kier molecular flexibility index (Phi) is 6.68. The highest BCUT2D eigenvalue weighted by atomic mass is 32.2. The molecule has 176 valence electrons. The van der Waals surface area contributed by atoms with Crippen molar-refractivity contribution >= 4 is 34.7 Å². The summed E-state index contributed by atoms with van der Waals surface area (Å²) in [6, 6.07) is 12.1. The van der Waals surface area contributed by atoms with E-state index in [2.05, 4.69) is 42.5 Å². The molecule has 1 saturated heterocycles. The quantitative estimate of drug-likeness (QED) is 0.554. The fraction of sp³-hybridized carbons (Fsp3) is 0.480. The standard InChI is InChI=1S/C25H33N5O2S/c1-17(31)26-19-8-10-20(11-9-19)33-29-14-6-7-18(15-29)21-12-13-22-23(27-21)28(5)24(32)30(22)16-25(2,3)4/h8-13,18H,6-7,14-16H2,1-5H3,(H,26,31). The number of nitrogens with one attached hydrogen (secondary N) is 1. The Morgan fingerprint density at radius 3 is 2.58 bits per heavy atom. The van der Waals surface area contributed by atoms with Gasteiger partial charge in [-0.05, 0) is 66.6 Å². The molecule has 1 aliphatic rings. The van der Waals surface area contributed by atoms with Crippen LogP contribution in [0.5, 0.6) is 0 Å². The molecular weight excluding hydrogens is 434 g/mol. The second-order valence-corrected chi connectivity index (χ2v) is 11.3. The third-order valence-electron chi connectivity index (χ3n) is 5.85. The van der Waals surface area contributed by atoms with Crippen molar-refractivity contribution in [2.45, 2.75) is 57.9 Å². The lowest BCUT2D eigenvalue weighted by Gasteiger charge is -2.31. The maximum atomic E-state index is 12.8. The SMILES string of the molecule is CC(=O)Nc1ccc(SN2CCCC(c3ccc4c(n3)n(C)c(=O)n4CC(C)(C)C)C2)cc1. The van der Waals surface area contributed by atoms with Crippen molar-refractivity contribution in [2.24, 2.45) is 12.5 Å². The minimum Gasteiger partial charge on any atom is -0.326 e. The van der Waals surface area contributed by atoms with Gasteiger partial charge in [-0.3, -0.25) is 13.9 Å². The molecule has 1 amide bonds. The fourth-order valence-electron chi connectivity index (χ4n) is 4.36. The number of fused-ring (bicyclic) bond motifs is 1. The van der Waals surface area contributed by atoms with E-state index in [4.69, 9.17) is 4.98 Å². The van der Waals surface area contributed by atoms with Gasteiger partial charge in [-0.25, -0.2) is 14.1 Å². The summed E-state index contributed by atoms with van der Waals surface area (Å²) >= 11 is 1.74. The summed E-state index contributed by atoms with van der Waals surface area (Å²) in [6.07, 6.45) is 2.19. The van der Waals surface area contributed by atoms with Crippen LogP contribution in [0, 0.1) is 5.41 Å². The van der Waals surface area contributed by atoms with E-state index in [1.807, 2.05) is 35.9 Å². The number of aryl methyl sites for hydroxylation is 1. The Morgan fingerprint density at radius 1 is 1.18 bits per heavy atom. The number of imidazole rings is 1. The van der Waals surface area contributed by atoms with Gasteiger partial charge in [-0.2, -0.15) is 0 Å². The number of hydrogen-bond acceptors (Lipinski definition) is 5. The molecule has 3 aromatic rings. The van der Waals surface area contributed by atoms with Crippen molar-refractivity contribution in [3.63, 3.8) is 0 Å². The number of carbonyl (C=O) groups is 1. The molecule has 0 spiro atoms. The van der Waals surface area contributed by atoms with Crippen molar-refractivity contribution < 1.29 is 4.79 Å². The van der Waals surface area contributed by atoms with Crippen molar-refractivity contribution in [1.29, 1.82) is 0 Å². The summed E-state index contributed by atoms with van der Waals surface area (Å²) in [5.41, 5.74) is 3.54. The number of benzene rings is 1. The second kappa shape index (κ2) is 9.35. The number of hydrogen-bond donors (Lipinski definition) is 1. The zero-order valence-corrected chi connectivity index (χ0v) is 20.9. The molecule has 1 N–H and O–H groups in total. The second-order valence-electron chi connectivity index (χ2n) is 10.1. The number of anilines is 1. The zero-order valence-electron chi connectivity index (χ0n) is 20.1. The third kappa shape index (κ3) is 5.50. The first-order valence-corrected chi connectivity index (χ1v) is 12.2. The molecule has 1 unspecified atom stereocenters. The highest BCUT2D eigenvalue weighted by molar-refractivity contribution is 7.97. The molecule has 8 heteroatoms. The van der Waals surface area contributed by atoms with Crippen LogP contribution in [0.2, 0.25) is 0 Å². The van der Waals surface area contributed by atoms with Gasteiger partial charge < -0.3 is 5.32 Å². The summed E-state index contributed by atoms with van der Waals surface area (Å²) in [5, 5.41) is 2.81. The third-order valence-corrected chi connectivity index (χ3v) is 6.92. The summed E-state index contributed by atoms with van der Waals surface area (Å²) in [6.45, 7) is 10.5. The Bertz CT molecular complexity index is 1210. The first-order chi connectivity index (χ1) is 15.6. The number of nitrogens with zero attached hydrogens (tertiary/aromatic N) is 4. The van der Waals surface area contributed by atoms with Gasteiger partial charge in [-0.15, -0.1) is 0 Å². The van der Waals surface area contributed by atoms with E-state index in [1.165, 1.54) is 6.92 Å². The molecule has 3 heterocycles. The first-order valence-electron chi connectivity index (χ1n) is 11.5. The lowest BCUT2D eigenvalue weighted by molar-refractivity contribution is -0.114. The smallest absolute Gasteiger partial charge is 0.326 e. The van der Waals surface area contributed by atoms with Gasteiger partial charge in [-0.1, -0.05) is 20.8 Å². The fourth-order valence-corrected chi connectivity index (χ4v) is 5.39. The number of carbonyl (C=O) groups excluding carboxylic acids is 1. The van der Waals surface area contributed by atoms with Crippen LogP contribution >= 0.6 is 11.9 Å². The van der Waals surface area contributed by atoms with Crippen LogP contribution in [0.4, 0.5) is 5.69 Å². The molecule has 1 aliphatic heterocycles. The van der Waals surface area contributed by atoms with Gasteiger partial charge in [0.05, 0.1) is 5.52 Å². The monoisotopic (exact) mass is 467 g/mol. The maximum absolute atomic E-state index is 12.8. The van der Waals surface area contributed by atoms with Crippen molar-refractivity contribution in [3.8, 4) is 0 Å². The number of pyridine rings is 1. The van der Waals surface area contributed by atoms with Crippen LogP contribution in [0.25, 0.3) is 11.2 Å². The van der Waals surface area contributed by atoms with Gasteiger partial charge >= 0.3 is 5.69 Å². The summed E-state index contributed by atoms with van der Waals surface area (Å²) in [5.74, 6) is 0.264. The van der Waals surface area contributed by atoms with Crippen LogP contribution in [-0.2, 0) is 18.4 Å². The van der Waals surface area contributed by atoms with Gasteiger partial charge in [0.25, 0.3) is 0 Å². The number of aromatic nitrogens is 3. The van der Waals surface area contributed by atoms with E-state index in [0.29, 0.717) is 12.5 Å². The molecule has 33 heavy (non-hydrogen) atoms. The molecule has 1 atom stereocenters. The molecular formula is C25H33N5O2S. The maximum Gasteiger partial charge on any atom is 0.330 e. The Morgan fingerprint density at radius 2 is 1.91 bits per heavy atom. The highest BCUT2D eigenvalue weighted by Crippen LogP contribution is 2.33. The highest BCUT2D eigenvalue weighted by Gasteiger charge is 2.25. The minimum absolute atomic E-state index is 0.00638. The van der Waals surface area contributed by atoms with Gasteiger partial charge in [0.2, 0.25) is 5.91 Å². The lowest BCUT2D eigenvalue weighted by atomic mass is 9.95. The summed E-state index contributed by atoms with van der Waals surface area (Å²) in [7, 11) is 1.81. The van der Waals surface area contributed by atoms with E-state index in [0.717, 1.165) is 53.4 Å². The molecule has 4 rings (SSSR count). The topological polar surface area (TPSA) is 72.2 Å². The Hall–Kier alpha value is -2.58. The number of piperidine rings is 1. The Balaban J connectivity index is 1.51. The normalized spacial score (nSPS) is 17.4. The molecule has 0 saturated carbocycles. The van der Waals surface area contributed by atoms with Crippen LogP contribution in [0.15, 0.2) is 46.1 Å². The largest absolute Gasteiger partial charge is 0.330 e. The van der Waals surface area contributed by atoms with Gasteiger partial charge in [0.1, 0.15) is 0 Å². The average Bonchev–Trinajstić information content (AvgIpc) is 2.98. The minimum atomic E-state index is -0.0648. The van der Waals surface area contributed by atoms with Gasteiger partial charge in [0.15, 0.2) is 5.65 Å². The molecule has 1 aromatic carbocycles. The molecule has 7 nitrogen and oxygen atoms in total. The number of amides is 1. The van der Waals surface area contributed by atoms with E-state index in [-0.39, 0.29) is 17.0 Å².